The van der Waals surface area contributed by atoms with E-state index in [1.54, 1.807) is 0 Å². The van der Waals surface area contributed by atoms with E-state index in [4.69, 9.17) is 0 Å². The number of aliphatic hydroxyl groups is 1. The van der Waals surface area contributed by atoms with Gasteiger partial charge in [0.15, 0.2) is 0 Å². The second-order valence-electron chi connectivity index (χ2n) is 7.31. The molecule has 1 atom stereocenters. The van der Waals surface area contributed by atoms with Crippen LogP contribution in [0.2, 0.25) is 0 Å². The van der Waals surface area contributed by atoms with E-state index in [-0.39, 0.29) is 17.4 Å². The van der Waals surface area contributed by atoms with Crippen LogP contribution in [-0.2, 0) is 10.2 Å². The highest BCUT2D eigenvalue weighted by Gasteiger charge is 2.36. The summed E-state index contributed by atoms with van der Waals surface area (Å²) >= 11 is 0. The van der Waals surface area contributed by atoms with Gasteiger partial charge in [-0.25, -0.2) is 0 Å². The Bertz CT molecular complexity index is 525. The maximum absolute atomic E-state index is 12.3. The summed E-state index contributed by atoms with van der Waals surface area (Å²) in [4.78, 5) is 16.7. The number of rotatable bonds is 4. The Labute approximate surface area is 139 Å². The Morgan fingerprint density at radius 1 is 1.17 bits per heavy atom. The highest BCUT2D eigenvalue weighted by molar-refractivity contribution is 5.77. The summed E-state index contributed by atoms with van der Waals surface area (Å²) in [5.74, 6) is 0.287. The van der Waals surface area contributed by atoms with Gasteiger partial charge >= 0.3 is 0 Å². The number of piperidine rings is 2. The number of benzene rings is 1. The molecule has 0 saturated carbocycles. The first-order valence-corrected chi connectivity index (χ1v) is 8.80. The average molecular weight is 316 g/mol. The average Bonchev–Trinajstić information content (AvgIpc) is 2.58. The third-order valence-corrected chi connectivity index (χ3v) is 5.50. The number of amides is 1. The van der Waals surface area contributed by atoms with E-state index in [1.807, 2.05) is 11.0 Å². The summed E-state index contributed by atoms with van der Waals surface area (Å²) in [6.45, 7) is 6.70. The number of carbonyl (C=O) groups is 1. The molecule has 2 heterocycles. The normalized spacial score (nSPS) is 27.4. The minimum Gasteiger partial charge on any atom is -0.393 e. The lowest BCUT2D eigenvalue weighted by atomic mass is 9.75. The van der Waals surface area contributed by atoms with Crippen LogP contribution in [0.25, 0.3) is 0 Å². The summed E-state index contributed by atoms with van der Waals surface area (Å²) in [6.07, 6.45) is 3.15. The van der Waals surface area contributed by atoms with Gasteiger partial charge in [0.05, 0.1) is 6.10 Å². The highest BCUT2D eigenvalue weighted by Crippen LogP contribution is 2.33. The van der Waals surface area contributed by atoms with Gasteiger partial charge in [0.25, 0.3) is 0 Å². The minimum absolute atomic E-state index is 0.0628. The molecule has 2 aliphatic heterocycles. The van der Waals surface area contributed by atoms with Crippen molar-refractivity contribution in [2.45, 2.75) is 44.1 Å². The van der Waals surface area contributed by atoms with Crippen LogP contribution in [0.15, 0.2) is 30.3 Å². The Hall–Kier alpha value is -1.39. The van der Waals surface area contributed by atoms with E-state index in [2.05, 4.69) is 36.1 Å². The van der Waals surface area contributed by atoms with Crippen molar-refractivity contribution >= 4 is 5.91 Å². The zero-order chi connectivity index (χ0) is 16.3. The summed E-state index contributed by atoms with van der Waals surface area (Å²) in [5.41, 5.74) is 1.39. The van der Waals surface area contributed by atoms with Crippen LogP contribution in [0.3, 0.4) is 0 Å². The monoisotopic (exact) mass is 316 g/mol. The van der Waals surface area contributed by atoms with Gasteiger partial charge in [0, 0.05) is 44.6 Å². The maximum atomic E-state index is 12.3. The molecule has 0 aliphatic carbocycles. The van der Waals surface area contributed by atoms with Gasteiger partial charge in [-0.15, -0.1) is 0 Å². The molecule has 1 aromatic rings. The second-order valence-corrected chi connectivity index (χ2v) is 7.31. The quantitative estimate of drug-likeness (QED) is 0.924. The lowest BCUT2D eigenvalue weighted by Gasteiger charge is -2.41. The Balaban J connectivity index is 1.59. The highest BCUT2D eigenvalue weighted by atomic mass is 16.3. The van der Waals surface area contributed by atoms with Gasteiger partial charge in [-0.05, 0) is 24.8 Å². The van der Waals surface area contributed by atoms with Crippen molar-refractivity contribution in [3.05, 3.63) is 35.9 Å². The molecule has 1 aromatic carbocycles. The first-order chi connectivity index (χ1) is 11.1. The molecule has 0 bridgehead atoms. The molecular weight excluding hydrogens is 288 g/mol. The SMILES string of the molecule is C[C@@]1(c2ccccc2)CCC(=O)N(CCN2CCC(O)CC2)C1. The number of nitrogens with zero attached hydrogens (tertiary/aromatic N) is 2. The van der Waals surface area contributed by atoms with Crippen LogP contribution < -0.4 is 0 Å². The van der Waals surface area contributed by atoms with E-state index in [0.29, 0.717) is 6.42 Å². The van der Waals surface area contributed by atoms with Gasteiger partial charge in [-0.1, -0.05) is 37.3 Å². The van der Waals surface area contributed by atoms with Crippen molar-refractivity contribution in [2.24, 2.45) is 0 Å². The van der Waals surface area contributed by atoms with E-state index in [9.17, 15) is 9.90 Å². The van der Waals surface area contributed by atoms with Crippen molar-refractivity contribution in [3.8, 4) is 0 Å². The van der Waals surface area contributed by atoms with Gasteiger partial charge in [-0.2, -0.15) is 0 Å². The maximum Gasteiger partial charge on any atom is 0.222 e. The van der Waals surface area contributed by atoms with E-state index in [1.165, 1.54) is 5.56 Å². The Kier molecular flexibility index (Phi) is 5.02. The molecular formula is C19H28N2O2. The first-order valence-electron chi connectivity index (χ1n) is 8.80. The van der Waals surface area contributed by atoms with Crippen molar-refractivity contribution < 1.29 is 9.90 Å². The van der Waals surface area contributed by atoms with Crippen LogP contribution in [0.4, 0.5) is 0 Å². The van der Waals surface area contributed by atoms with Gasteiger partial charge in [-0.3, -0.25) is 4.79 Å². The number of aliphatic hydroxyl groups excluding tert-OH is 1. The van der Waals surface area contributed by atoms with Crippen LogP contribution in [-0.4, -0.2) is 59.6 Å². The zero-order valence-electron chi connectivity index (χ0n) is 14.1. The first kappa shape index (κ1) is 16.5. The van der Waals surface area contributed by atoms with Crippen LogP contribution in [0.5, 0.6) is 0 Å². The molecule has 3 rings (SSSR count). The fraction of sp³-hybridized carbons (Fsp3) is 0.632. The minimum atomic E-state index is -0.135. The molecule has 2 aliphatic rings. The van der Waals surface area contributed by atoms with Crippen molar-refractivity contribution in [1.29, 1.82) is 0 Å². The predicted octanol–water partition coefficient (Wildman–Crippen LogP) is 2.02. The number of hydrogen-bond donors (Lipinski definition) is 1. The lowest BCUT2D eigenvalue weighted by molar-refractivity contribution is -0.135. The molecule has 4 nitrogen and oxygen atoms in total. The Morgan fingerprint density at radius 3 is 2.57 bits per heavy atom. The molecule has 0 aromatic heterocycles. The molecule has 1 N–H and O–H groups in total. The summed E-state index contributed by atoms with van der Waals surface area (Å²) in [5, 5.41) is 9.59. The van der Waals surface area contributed by atoms with E-state index in [0.717, 1.165) is 52.0 Å². The van der Waals surface area contributed by atoms with Crippen LogP contribution in [0.1, 0.15) is 38.2 Å². The van der Waals surface area contributed by atoms with Crippen molar-refractivity contribution in [1.82, 2.24) is 9.80 Å². The molecule has 1 amide bonds. The van der Waals surface area contributed by atoms with Gasteiger partial charge in [0.1, 0.15) is 0 Å². The van der Waals surface area contributed by atoms with Crippen LogP contribution >= 0.6 is 0 Å². The fourth-order valence-corrected chi connectivity index (χ4v) is 3.81. The van der Waals surface area contributed by atoms with E-state index < -0.39 is 0 Å². The van der Waals surface area contributed by atoms with Gasteiger partial charge < -0.3 is 14.9 Å². The number of likely N-dealkylation sites (tertiary alicyclic amines) is 2. The summed E-state index contributed by atoms with van der Waals surface area (Å²) < 4.78 is 0. The number of carbonyl (C=O) groups excluding carboxylic acids is 1. The standard InChI is InChI=1S/C19H28N2O2/c1-19(16-5-3-2-4-6-16)10-7-18(23)21(15-19)14-13-20-11-8-17(22)9-12-20/h2-6,17,22H,7-15H2,1H3/t19-/m1/s1. The van der Waals surface area contributed by atoms with E-state index >= 15 is 0 Å². The topological polar surface area (TPSA) is 43.8 Å². The largest absolute Gasteiger partial charge is 0.393 e. The lowest BCUT2D eigenvalue weighted by Crippen LogP contribution is -2.50. The molecule has 0 radical (unpaired) electrons. The fourth-order valence-electron chi connectivity index (χ4n) is 3.81. The molecule has 126 valence electrons. The molecule has 2 saturated heterocycles. The molecule has 2 fully saturated rings. The zero-order valence-corrected chi connectivity index (χ0v) is 14.1. The van der Waals surface area contributed by atoms with Gasteiger partial charge in [0.2, 0.25) is 5.91 Å². The van der Waals surface area contributed by atoms with Crippen molar-refractivity contribution in [3.63, 3.8) is 0 Å². The summed E-state index contributed by atoms with van der Waals surface area (Å²) in [7, 11) is 0. The predicted molar refractivity (Wildman–Crippen MR) is 91.3 cm³/mol. The van der Waals surface area contributed by atoms with Crippen LogP contribution in [0, 0.1) is 0 Å². The molecule has 4 heteroatoms. The van der Waals surface area contributed by atoms with Crippen molar-refractivity contribution in [2.75, 3.05) is 32.7 Å². The Morgan fingerprint density at radius 2 is 1.87 bits per heavy atom. The third-order valence-electron chi connectivity index (χ3n) is 5.50. The second kappa shape index (κ2) is 7.02. The smallest absolute Gasteiger partial charge is 0.222 e. The molecule has 0 spiro atoms. The summed E-state index contributed by atoms with van der Waals surface area (Å²) in [6, 6.07) is 10.6. The number of hydrogen-bond acceptors (Lipinski definition) is 3. The third kappa shape index (κ3) is 3.93. The molecule has 0 unspecified atom stereocenters. The molecule has 23 heavy (non-hydrogen) atoms.